The standard InChI is InChI=1S/C15H13ClN4O3S/c1-22-14(21)12-7-6-11(23-12)8-24-15-19-18-13(20(15)17)9-2-4-10(16)5-3-9/h2-7H,8,17H2,1H3. The summed E-state index contributed by atoms with van der Waals surface area (Å²) in [5.41, 5.74) is 0.812. The molecule has 7 nitrogen and oxygen atoms in total. The molecular weight excluding hydrogens is 352 g/mol. The van der Waals surface area contributed by atoms with Crippen LogP contribution in [0.15, 0.2) is 46.0 Å². The highest BCUT2D eigenvalue weighted by molar-refractivity contribution is 7.98. The zero-order valence-electron chi connectivity index (χ0n) is 12.6. The van der Waals surface area contributed by atoms with E-state index in [1.807, 2.05) is 12.1 Å². The summed E-state index contributed by atoms with van der Waals surface area (Å²) in [6.07, 6.45) is 0. The van der Waals surface area contributed by atoms with Crippen molar-refractivity contribution in [2.45, 2.75) is 10.9 Å². The maximum Gasteiger partial charge on any atom is 0.373 e. The number of halogens is 1. The van der Waals surface area contributed by atoms with Crippen molar-refractivity contribution in [3.05, 3.63) is 52.9 Å². The van der Waals surface area contributed by atoms with Gasteiger partial charge in [0.25, 0.3) is 0 Å². The van der Waals surface area contributed by atoms with Crippen molar-refractivity contribution in [2.24, 2.45) is 0 Å². The molecule has 0 aliphatic carbocycles. The van der Waals surface area contributed by atoms with Gasteiger partial charge in [0.2, 0.25) is 10.9 Å². The third-order valence-electron chi connectivity index (χ3n) is 3.16. The van der Waals surface area contributed by atoms with Crippen molar-refractivity contribution in [2.75, 3.05) is 13.0 Å². The fraction of sp³-hybridized carbons (Fsp3) is 0.133. The van der Waals surface area contributed by atoms with Crippen molar-refractivity contribution in [1.29, 1.82) is 0 Å². The molecule has 0 saturated carbocycles. The maximum absolute atomic E-state index is 11.4. The van der Waals surface area contributed by atoms with Crippen LogP contribution in [0.2, 0.25) is 5.02 Å². The quantitative estimate of drug-likeness (QED) is 0.422. The van der Waals surface area contributed by atoms with Crippen LogP contribution in [0.1, 0.15) is 16.3 Å². The van der Waals surface area contributed by atoms with Gasteiger partial charge in [-0.2, -0.15) is 0 Å². The van der Waals surface area contributed by atoms with E-state index in [9.17, 15) is 4.79 Å². The molecule has 0 spiro atoms. The van der Waals surface area contributed by atoms with Crippen molar-refractivity contribution < 1.29 is 13.9 Å². The number of hydrogen-bond acceptors (Lipinski definition) is 7. The van der Waals surface area contributed by atoms with E-state index in [-0.39, 0.29) is 5.76 Å². The first kappa shape index (κ1) is 16.4. The maximum atomic E-state index is 11.4. The van der Waals surface area contributed by atoms with Gasteiger partial charge in [0, 0.05) is 10.6 Å². The average Bonchev–Trinajstić information content (AvgIpc) is 3.20. The van der Waals surface area contributed by atoms with Crippen LogP contribution in [-0.4, -0.2) is 28.0 Å². The van der Waals surface area contributed by atoms with Gasteiger partial charge in [-0.3, -0.25) is 0 Å². The minimum Gasteiger partial charge on any atom is -0.463 e. The summed E-state index contributed by atoms with van der Waals surface area (Å²) < 4.78 is 11.4. The molecule has 2 heterocycles. The van der Waals surface area contributed by atoms with E-state index in [0.29, 0.717) is 27.5 Å². The van der Waals surface area contributed by atoms with Crippen LogP contribution in [0.5, 0.6) is 0 Å². The van der Waals surface area contributed by atoms with Gasteiger partial charge >= 0.3 is 5.97 Å². The fourth-order valence-corrected chi connectivity index (χ4v) is 2.85. The van der Waals surface area contributed by atoms with Crippen LogP contribution in [0.3, 0.4) is 0 Å². The number of esters is 1. The Kier molecular flexibility index (Phi) is 4.77. The topological polar surface area (TPSA) is 96.2 Å². The number of methoxy groups -OCH3 is 1. The first-order chi connectivity index (χ1) is 11.6. The minimum atomic E-state index is -0.515. The molecule has 0 amide bonds. The van der Waals surface area contributed by atoms with Crippen molar-refractivity contribution >= 4 is 29.3 Å². The van der Waals surface area contributed by atoms with Crippen molar-refractivity contribution in [3.63, 3.8) is 0 Å². The lowest BCUT2D eigenvalue weighted by Gasteiger charge is -2.03. The summed E-state index contributed by atoms with van der Waals surface area (Å²) in [6, 6.07) is 10.4. The summed E-state index contributed by atoms with van der Waals surface area (Å²) in [5.74, 6) is 7.28. The number of furan rings is 1. The highest BCUT2D eigenvalue weighted by Crippen LogP contribution is 2.25. The van der Waals surface area contributed by atoms with E-state index in [1.165, 1.54) is 23.5 Å². The summed E-state index contributed by atoms with van der Waals surface area (Å²) in [7, 11) is 1.30. The SMILES string of the molecule is COC(=O)c1ccc(CSc2nnc(-c3ccc(Cl)cc3)n2N)o1. The zero-order valence-corrected chi connectivity index (χ0v) is 14.2. The predicted molar refractivity (Wildman–Crippen MR) is 90.2 cm³/mol. The Morgan fingerprint density at radius 2 is 2.04 bits per heavy atom. The normalized spacial score (nSPS) is 10.8. The van der Waals surface area contributed by atoms with Gasteiger partial charge in [-0.05, 0) is 36.4 Å². The Labute approximate surface area is 146 Å². The number of ether oxygens (including phenoxy) is 1. The van der Waals surface area contributed by atoms with E-state index in [1.54, 1.807) is 24.3 Å². The molecule has 3 rings (SSSR count). The molecule has 0 atom stereocenters. The van der Waals surface area contributed by atoms with Crippen LogP contribution in [-0.2, 0) is 10.5 Å². The largest absolute Gasteiger partial charge is 0.463 e. The molecule has 3 aromatic rings. The molecule has 0 unspecified atom stereocenters. The molecule has 0 aliphatic rings. The van der Waals surface area contributed by atoms with Crippen LogP contribution in [0.4, 0.5) is 0 Å². The second kappa shape index (κ2) is 6.98. The van der Waals surface area contributed by atoms with E-state index in [0.717, 1.165) is 5.56 Å². The Hall–Kier alpha value is -2.45. The average molecular weight is 365 g/mol. The molecule has 0 bridgehead atoms. The van der Waals surface area contributed by atoms with Gasteiger partial charge in [-0.1, -0.05) is 23.4 Å². The van der Waals surface area contributed by atoms with Gasteiger partial charge in [-0.25, -0.2) is 9.47 Å². The molecule has 0 radical (unpaired) electrons. The molecule has 0 fully saturated rings. The first-order valence-corrected chi connectivity index (χ1v) is 8.21. The number of nitrogens with two attached hydrogens (primary N) is 1. The van der Waals surface area contributed by atoms with Crippen LogP contribution >= 0.6 is 23.4 Å². The summed E-state index contributed by atoms with van der Waals surface area (Å²) in [5, 5.41) is 9.33. The molecule has 9 heteroatoms. The molecule has 0 saturated heterocycles. The molecule has 2 aromatic heterocycles. The van der Waals surface area contributed by atoms with Gasteiger partial charge in [0.1, 0.15) is 5.76 Å². The molecule has 124 valence electrons. The summed E-state index contributed by atoms with van der Waals surface area (Å²) in [4.78, 5) is 11.4. The minimum absolute atomic E-state index is 0.157. The van der Waals surface area contributed by atoms with Crippen LogP contribution in [0, 0.1) is 0 Å². The molecule has 24 heavy (non-hydrogen) atoms. The number of carbonyl (C=O) groups excluding carboxylic acids is 1. The molecule has 2 N–H and O–H groups in total. The predicted octanol–water partition coefficient (Wildman–Crippen LogP) is 2.98. The third kappa shape index (κ3) is 3.39. The van der Waals surface area contributed by atoms with Crippen molar-refractivity contribution in [1.82, 2.24) is 14.9 Å². The lowest BCUT2D eigenvalue weighted by molar-refractivity contribution is 0.0563. The second-order valence-corrected chi connectivity index (χ2v) is 6.11. The van der Waals surface area contributed by atoms with Gasteiger partial charge in [0.15, 0.2) is 5.82 Å². The number of benzene rings is 1. The number of rotatable bonds is 5. The fourth-order valence-electron chi connectivity index (χ4n) is 1.97. The molecule has 0 aliphatic heterocycles. The summed E-state index contributed by atoms with van der Waals surface area (Å²) in [6.45, 7) is 0. The number of nitrogen functional groups attached to an aromatic ring is 1. The van der Waals surface area contributed by atoms with Crippen LogP contribution < -0.4 is 5.84 Å². The van der Waals surface area contributed by atoms with Gasteiger partial charge in [0.05, 0.1) is 12.9 Å². The Morgan fingerprint density at radius 1 is 1.29 bits per heavy atom. The van der Waals surface area contributed by atoms with E-state index < -0.39 is 5.97 Å². The highest BCUT2D eigenvalue weighted by Gasteiger charge is 2.15. The number of thioether (sulfide) groups is 1. The Morgan fingerprint density at radius 3 is 2.75 bits per heavy atom. The smallest absolute Gasteiger partial charge is 0.373 e. The number of carbonyl (C=O) groups is 1. The Bertz CT molecular complexity index is 860. The number of aromatic nitrogens is 3. The van der Waals surface area contributed by atoms with Gasteiger partial charge < -0.3 is 15.0 Å². The summed E-state index contributed by atoms with van der Waals surface area (Å²) >= 11 is 7.22. The van der Waals surface area contributed by atoms with E-state index in [2.05, 4.69) is 14.9 Å². The van der Waals surface area contributed by atoms with E-state index in [4.69, 9.17) is 21.9 Å². The van der Waals surface area contributed by atoms with Crippen molar-refractivity contribution in [3.8, 4) is 11.4 Å². The first-order valence-electron chi connectivity index (χ1n) is 6.84. The lowest BCUT2D eigenvalue weighted by Crippen LogP contribution is -2.11. The Balaban J connectivity index is 1.71. The third-order valence-corrected chi connectivity index (χ3v) is 4.38. The van der Waals surface area contributed by atoms with Crippen LogP contribution in [0.25, 0.3) is 11.4 Å². The van der Waals surface area contributed by atoms with E-state index >= 15 is 0 Å². The molecule has 1 aromatic carbocycles. The second-order valence-electron chi connectivity index (χ2n) is 4.73. The number of nitrogens with zero attached hydrogens (tertiary/aromatic N) is 3. The lowest BCUT2D eigenvalue weighted by atomic mass is 10.2. The zero-order chi connectivity index (χ0) is 17.1. The monoisotopic (exact) mass is 364 g/mol. The number of hydrogen-bond donors (Lipinski definition) is 1. The molecular formula is C15H13ClN4O3S. The highest BCUT2D eigenvalue weighted by atomic mass is 35.5. The van der Waals surface area contributed by atoms with Gasteiger partial charge in [-0.15, -0.1) is 10.2 Å².